The molecule has 1 heterocycles. The van der Waals surface area contributed by atoms with Gasteiger partial charge in [-0.25, -0.2) is 8.42 Å². The number of aryl methyl sites for hydroxylation is 1. The molecule has 0 aliphatic heterocycles. The largest absolute Gasteiger partial charge is 0.380 e. The van der Waals surface area contributed by atoms with Crippen LogP contribution in [0.1, 0.15) is 21.5 Å². The number of hydrogen-bond donors (Lipinski definition) is 0. The van der Waals surface area contributed by atoms with Crippen molar-refractivity contribution >= 4 is 37.0 Å². The highest BCUT2D eigenvalue weighted by Gasteiger charge is 2.21. The number of carbonyl (C=O) groups excluding carboxylic acids is 1. The van der Waals surface area contributed by atoms with Gasteiger partial charge >= 0.3 is 0 Å². The van der Waals surface area contributed by atoms with Gasteiger partial charge in [0.15, 0.2) is 0 Å². The van der Waals surface area contributed by atoms with Gasteiger partial charge in [0.1, 0.15) is 0 Å². The summed E-state index contributed by atoms with van der Waals surface area (Å²) in [7, 11) is 3.14. The average Bonchev–Trinajstić information content (AvgIpc) is 2.70. The zero-order valence-corrected chi connectivity index (χ0v) is 13.4. The van der Waals surface area contributed by atoms with Gasteiger partial charge < -0.3 is 9.64 Å². The average molecular weight is 326 g/mol. The van der Waals surface area contributed by atoms with E-state index >= 15 is 0 Å². The summed E-state index contributed by atoms with van der Waals surface area (Å²) in [6, 6.07) is 1.32. The lowest BCUT2D eigenvalue weighted by Crippen LogP contribution is -2.29. The SMILES string of the molecule is CCOCCN(C)C(=O)c1cc(S(=O)(=O)Cl)c(C)s1. The van der Waals surface area contributed by atoms with E-state index < -0.39 is 9.05 Å². The van der Waals surface area contributed by atoms with Crippen molar-refractivity contribution in [2.75, 3.05) is 26.8 Å². The zero-order chi connectivity index (χ0) is 14.6. The molecule has 1 aromatic rings. The highest BCUT2D eigenvalue weighted by atomic mass is 35.7. The number of ether oxygens (including phenoxy) is 1. The number of rotatable bonds is 6. The Kier molecular flexibility index (Phi) is 5.79. The van der Waals surface area contributed by atoms with Crippen LogP contribution in [0.5, 0.6) is 0 Å². The number of thiophene rings is 1. The first-order valence-corrected chi connectivity index (χ1v) is 8.78. The standard InChI is InChI=1S/C11H16ClNO4S2/c1-4-17-6-5-13(3)11(14)9-7-10(8(2)18-9)19(12,15)16/h7H,4-6H2,1-3H3. The molecular weight excluding hydrogens is 310 g/mol. The van der Waals surface area contributed by atoms with Crippen LogP contribution in [0.4, 0.5) is 0 Å². The monoisotopic (exact) mass is 325 g/mol. The van der Waals surface area contributed by atoms with Crippen LogP contribution in [0, 0.1) is 6.92 Å². The van der Waals surface area contributed by atoms with Crippen molar-refractivity contribution in [2.45, 2.75) is 18.7 Å². The quantitative estimate of drug-likeness (QED) is 0.593. The molecule has 5 nitrogen and oxygen atoms in total. The zero-order valence-electron chi connectivity index (χ0n) is 11.0. The molecule has 1 rings (SSSR count). The number of hydrogen-bond acceptors (Lipinski definition) is 5. The smallest absolute Gasteiger partial charge is 0.263 e. The number of nitrogens with zero attached hydrogens (tertiary/aromatic N) is 1. The fourth-order valence-corrected chi connectivity index (χ4v) is 4.11. The van der Waals surface area contributed by atoms with Crippen LogP contribution in [0.2, 0.25) is 0 Å². The Bertz CT molecular complexity index is 553. The van der Waals surface area contributed by atoms with Crippen molar-refractivity contribution in [1.29, 1.82) is 0 Å². The summed E-state index contributed by atoms with van der Waals surface area (Å²) in [6.45, 7) is 4.99. The summed E-state index contributed by atoms with van der Waals surface area (Å²) < 4.78 is 27.8. The summed E-state index contributed by atoms with van der Waals surface area (Å²) in [5.74, 6) is -0.237. The predicted molar refractivity (Wildman–Crippen MR) is 75.5 cm³/mol. The van der Waals surface area contributed by atoms with Gasteiger partial charge in [-0.1, -0.05) is 0 Å². The third-order valence-corrected chi connectivity index (χ3v) is 5.08. The number of carbonyl (C=O) groups is 1. The topological polar surface area (TPSA) is 63.7 Å². The molecule has 0 aromatic carbocycles. The second-order valence-electron chi connectivity index (χ2n) is 3.89. The maximum absolute atomic E-state index is 12.1. The lowest BCUT2D eigenvalue weighted by atomic mass is 10.4. The van der Waals surface area contributed by atoms with Gasteiger partial charge in [0.05, 0.1) is 16.4 Å². The molecule has 19 heavy (non-hydrogen) atoms. The van der Waals surface area contributed by atoms with Gasteiger partial charge in [0.2, 0.25) is 0 Å². The lowest BCUT2D eigenvalue weighted by Gasteiger charge is -2.15. The van der Waals surface area contributed by atoms with E-state index in [1.54, 1.807) is 14.0 Å². The van der Waals surface area contributed by atoms with E-state index in [0.717, 1.165) is 11.3 Å². The van der Waals surface area contributed by atoms with Gasteiger partial charge in [0, 0.05) is 35.8 Å². The second kappa shape index (κ2) is 6.69. The molecule has 0 N–H and O–H groups in total. The molecule has 0 spiro atoms. The molecule has 1 amide bonds. The van der Waals surface area contributed by atoms with Gasteiger partial charge in [-0.2, -0.15) is 0 Å². The Labute approximate surface area is 121 Å². The van der Waals surface area contributed by atoms with Gasteiger partial charge in [-0.3, -0.25) is 4.79 Å². The molecule has 0 saturated heterocycles. The van der Waals surface area contributed by atoms with Gasteiger partial charge in [-0.05, 0) is 19.9 Å². The maximum atomic E-state index is 12.1. The fraction of sp³-hybridized carbons (Fsp3) is 0.545. The second-order valence-corrected chi connectivity index (χ2v) is 7.68. The molecule has 0 aliphatic carbocycles. The van der Waals surface area contributed by atoms with Crippen molar-refractivity contribution in [1.82, 2.24) is 4.90 Å². The molecule has 0 saturated carbocycles. The number of halogens is 1. The number of likely N-dealkylation sites (N-methyl/N-ethyl adjacent to an activating group) is 1. The van der Waals surface area contributed by atoms with Crippen molar-refractivity contribution < 1.29 is 17.9 Å². The van der Waals surface area contributed by atoms with E-state index in [2.05, 4.69) is 0 Å². The van der Waals surface area contributed by atoms with Crippen LogP contribution in [-0.2, 0) is 13.8 Å². The summed E-state index contributed by atoms with van der Waals surface area (Å²) in [6.07, 6.45) is 0. The van der Waals surface area contributed by atoms with Crippen LogP contribution in [0.15, 0.2) is 11.0 Å². The minimum absolute atomic E-state index is 0.000671. The molecule has 108 valence electrons. The molecule has 0 aliphatic rings. The first kappa shape index (κ1) is 16.4. The van der Waals surface area contributed by atoms with Crippen molar-refractivity contribution in [3.05, 3.63) is 15.8 Å². The molecule has 0 radical (unpaired) electrons. The molecule has 8 heteroatoms. The number of amides is 1. The predicted octanol–water partition coefficient (Wildman–Crippen LogP) is 2.09. The normalized spacial score (nSPS) is 11.6. The molecule has 0 fully saturated rings. The highest BCUT2D eigenvalue weighted by Crippen LogP contribution is 2.28. The summed E-state index contributed by atoms with van der Waals surface area (Å²) in [4.78, 5) is 14.4. The van der Waals surface area contributed by atoms with Crippen LogP contribution >= 0.6 is 22.0 Å². The van der Waals surface area contributed by atoms with Crippen LogP contribution in [0.25, 0.3) is 0 Å². The summed E-state index contributed by atoms with van der Waals surface area (Å²) in [5.41, 5.74) is 0. The Hall–Kier alpha value is -0.630. The highest BCUT2D eigenvalue weighted by molar-refractivity contribution is 8.13. The van der Waals surface area contributed by atoms with Crippen LogP contribution in [0.3, 0.4) is 0 Å². The fourth-order valence-electron chi connectivity index (χ4n) is 1.45. The molecule has 1 aromatic heterocycles. The Morgan fingerprint density at radius 3 is 2.63 bits per heavy atom. The first-order valence-electron chi connectivity index (χ1n) is 5.65. The third kappa shape index (κ3) is 4.45. The van der Waals surface area contributed by atoms with Crippen molar-refractivity contribution in [3.8, 4) is 0 Å². The van der Waals surface area contributed by atoms with Crippen molar-refractivity contribution in [2.24, 2.45) is 0 Å². The van der Waals surface area contributed by atoms with Crippen LogP contribution < -0.4 is 0 Å². The summed E-state index contributed by atoms with van der Waals surface area (Å²) in [5, 5.41) is 0. The maximum Gasteiger partial charge on any atom is 0.263 e. The Morgan fingerprint density at radius 1 is 1.53 bits per heavy atom. The Morgan fingerprint density at radius 2 is 2.16 bits per heavy atom. The van der Waals surface area contributed by atoms with E-state index in [1.165, 1.54) is 11.0 Å². The van der Waals surface area contributed by atoms with E-state index in [1.807, 2.05) is 6.92 Å². The van der Waals surface area contributed by atoms with Gasteiger partial charge in [-0.15, -0.1) is 11.3 Å². The van der Waals surface area contributed by atoms with E-state index in [0.29, 0.717) is 29.5 Å². The molecule has 0 bridgehead atoms. The van der Waals surface area contributed by atoms with E-state index in [9.17, 15) is 13.2 Å². The van der Waals surface area contributed by atoms with Crippen molar-refractivity contribution in [3.63, 3.8) is 0 Å². The molecule has 0 unspecified atom stereocenters. The Balaban J connectivity index is 2.84. The molecule has 0 atom stereocenters. The minimum Gasteiger partial charge on any atom is -0.380 e. The van der Waals surface area contributed by atoms with E-state index in [4.69, 9.17) is 15.4 Å². The van der Waals surface area contributed by atoms with Gasteiger partial charge in [0.25, 0.3) is 15.0 Å². The first-order chi connectivity index (χ1) is 8.77. The molecular formula is C11H16ClNO4S2. The summed E-state index contributed by atoms with van der Waals surface area (Å²) >= 11 is 1.12. The lowest BCUT2D eigenvalue weighted by molar-refractivity contribution is 0.0714. The van der Waals surface area contributed by atoms with E-state index in [-0.39, 0.29) is 10.8 Å². The minimum atomic E-state index is -3.81. The third-order valence-electron chi connectivity index (χ3n) is 2.47. The van der Waals surface area contributed by atoms with Crippen LogP contribution in [-0.4, -0.2) is 46.0 Å².